The maximum Gasteiger partial charge on any atom is 0.0942 e. The fourth-order valence-electron chi connectivity index (χ4n) is 0.949. The van der Waals surface area contributed by atoms with Crippen LogP contribution >= 0.6 is 11.5 Å². The Bertz CT molecular complexity index is 208. The van der Waals surface area contributed by atoms with Gasteiger partial charge in [-0.2, -0.15) is 0 Å². The van der Waals surface area contributed by atoms with E-state index in [0.29, 0.717) is 5.92 Å². The van der Waals surface area contributed by atoms with Crippen LogP contribution in [0.25, 0.3) is 0 Å². The topological polar surface area (TPSA) is 46.0 Å². The van der Waals surface area contributed by atoms with E-state index < -0.39 is 0 Å². The molecule has 1 N–H and O–H groups in total. The Morgan fingerprint density at radius 3 is 3.00 bits per heavy atom. The Kier molecular flexibility index (Phi) is 1.43. The molecule has 1 atom stereocenters. The Morgan fingerprint density at radius 2 is 2.50 bits per heavy atom. The Morgan fingerprint density at radius 1 is 1.70 bits per heavy atom. The van der Waals surface area contributed by atoms with Crippen LogP contribution in [-0.4, -0.2) is 14.7 Å². The summed E-state index contributed by atoms with van der Waals surface area (Å²) >= 11 is 1.29. The van der Waals surface area contributed by atoms with Gasteiger partial charge in [-0.25, -0.2) is 0 Å². The molecule has 0 amide bonds. The molecule has 0 spiro atoms. The predicted octanol–water partition coefficient (Wildman–Crippen LogP) is 0.982. The molecule has 0 aliphatic heterocycles. The molecule has 3 nitrogen and oxygen atoms in total. The highest BCUT2D eigenvalue weighted by molar-refractivity contribution is 7.05. The van der Waals surface area contributed by atoms with Crippen LogP contribution in [0.2, 0.25) is 0 Å². The molecular formula is C6H8N2OS. The average Bonchev–Trinajstić information content (AvgIpc) is 2.65. The van der Waals surface area contributed by atoms with E-state index in [2.05, 4.69) is 9.59 Å². The number of hydrogen-bond acceptors (Lipinski definition) is 4. The molecule has 1 aliphatic rings. The number of aliphatic hydroxyl groups excluding tert-OH is 1. The smallest absolute Gasteiger partial charge is 0.0942 e. The normalized spacial score (nSPS) is 20.9. The van der Waals surface area contributed by atoms with Crippen LogP contribution in [0.15, 0.2) is 6.20 Å². The minimum atomic E-state index is -0.292. The van der Waals surface area contributed by atoms with Gasteiger partial charge in [-0.05, 0) is 30.3 Å². The van der Waals surface area contributed by atoms with E-state index in [1.807, 2.05) is 0 Å². The zero-order chi connectivity index (χ0) is 6.97. The van der Waals surface area contributed by atoms with E-state index in [4.69, 9.17) is 0 Å². The van der Waals surface area contributed by atoms with Crippen LogP contribution in [0.1, 0.15) is 23.8 Å². The largest absolute Gasteiger partial charge is 0.387 e. The Labute approximate surface area is 62.9 Å². The number of nitrogens with zero attached hydrogens (tertiary/aromatic N) is 2. The van der Waals surface area contributed by atoms with E-state index in [-0.39, 0.29) is 6.10 Å². The van der Waals surface area contributed by atoms with Gasteiger partial charge in [-0.3, -0.25) is 0 Å². The van der Waals surface area contributed by atoms with Crippen LogP contribution in [0.3, 0.4) is 0 Å². The average molecular weight is 156 g/mol. The Hall–Kier alpha value is -0.480. The van der Waals surface area contributed by atoms with Gasteiger partial charge in [0.15, 0.2) is 0 Å². The third-order valence-corrected chi connectivity index (χ3v) is 2.47. The van der Waals surface area contributed by atoms with Crippen molar-refractivity contribution in [1.29, 1.82) is 0 Å². The molecule has 0 aromatic carbocycles. The zero-order valence-corrected chi connectivity index (χ0v) is 6.21. The highest BCUT2D eigenvalue weighted by Gasteiger charge is 2.31. The van der Waals surface area contributed by atoms with Crippen molar-refractivity contribution in [3.05, 3.63) is 11.1 Å². The number of aromatic nitrogens is 2. The van der Waals surface area contributed by atoms with Gasteiger partial charge >= 0.3 is 0 Å². The first-order chi connectivity index (χ1) is 4.88. The maximum atomic E-state index is 9.48. The molecule has 1 unspecified atom stereocenters. The summed E-state index contributed by atoms with van der Waals surface area (Å²) in [6.45, 7) is 0. The molecule has 1 fully saturated rings. The Balaban J connectivity index is 2.11. The van der Waals surface area contributed by atoms with Gasteiger partial charge in [0, 0.05) is 0 Å². The highest BCUT2D eigenvalue weighted by Crippen LogP contribution is 2.41. The lowest BCUT2D eigenvalue weighted by Gasteiger charge is -2.01. The summed E-state index contributed by atoms with van der Waals surface area (Å²) in [5.41, 5.74) is 0. The van der Waals surface area contributed by atoms with Crippen LogP contribution in [0, 0.1) is 5.92 Å². The van der Waals surface area contributed by atoms with Gasteiger partial charge < -0.3 is 5.11 Å². The zero-order valence-electron chi connectivity index (χ0n) is 5.40. The molecule has 1 saturated carbocycles. The van der Waals surface area contributed by atoms with Gasteiger partial charge in [0.1, 0.15) is 0 Å². The summed E-state index contributed by atoms with van der Waals surface area (Å²) in [5.74, 6) is 0.488. The quantitative estimate of drug-likeness (QED) is 0.694. The third kappa shape index (κ3) is 1.04. The van der Waals surface area contributed by atoms with Crippen LogP contribution < -0.4 is 0 Å². The van der Waals surface area contributed by atoms with E-state index in [1.54, 1.807) is 6.20 Å². The number of hydrogen-bond donors (Lipinski definition) is 1. The summed E-state index contributed by atoms with van der Waals surface area (Å²) in [7, 11) is 0. The molecule has 54 valence electrons. The first kappa shape index (κ1) is 6.24. The second-order valence-electron chi connectivity index (χ2n) is 2.60. The second kappa shape index (κ2) is 2.29. The van der Waals surface area contributed by atoms with Crippen LogP contribution in [0.4, 0.5) is 0 Å². The summed E-state index contributed by atoms with van der Waals surface area (Å²) in [5, 5.41) is 13.1. The monoisotopic (exact) mass is 156 g/mol. The van der Waals surface area contributed by atoms with E-state index in [9.17, 15) is 5.11 Å². The van der Waals surface area contributed by atoms with Crippen molar-refractivity contribution in [3.8, 4) is 0 Å². The van der Waals surface area contributed by atoms with Crippen molar-refractivity contribution < 1.29 is 5.11 Å². The lowest BCUT2D eigenvalue weighted by molar-refractivity contribution is 0.157. The number of aliphatic hydroxyl groups is 1. The maximum absolute atomic E-state index is 9.48. The predicted molar refractivity (Wildman–Crippen MR) is 37.6 cm³/mol. The molecule has 0 saturated heterocycles. The minimum absolute atomic E-state index is 0.292. The first-order valence-electron chi connectivity index (χ1n) is 3.33. The number of rotatable bonds is 2. The van der Waals surface area contributed by atoms with Crippen molar-refractivity contribution in [3.63, 3.8) is 0 Å². The van der Waals surface area contributed by atoms with Crippen molar-refractivity contribution in [2.75, 3.05) is 0 Å². The summed E-state index contributed by atoms with van der Waals surface area (Å²) in [6, 6.07) is 0. The third-order valence-electron chi connectivity index (χ3n) is 1.74. The molecule has 4 heteroatoms. The first-order valence-corrected chi connectivity index (χ1v) is 4.10. The molecule has 0 bridgehead atoms. The summed E-state index contributed by atoms with van der Waals surface area (Å²) in [6.07, 6.45) is 3.66. The summed E-state index contributed by atoms with van der Waals surface area (Å²) in [4.78, 5) is 0.905. The SMILES string of the molecule is OC(c1cnns1)C1CC1. The van der Waals surface area contributed by atoms with Crippen molar-refractivity contribution in [2.45, 2.75) is 18.9 Å². The molecule has 1 aromatic rings. The highest BCUT2D eigenvalue weighted by atomic mass is 32.1. The van der Waals surface area contributed by atoms with Gasteiger partial charge in [0.25, 0.3) is 0 Å². The molecule has 2 rings (SSSR count). The fourth-order valence-corrected chi connectivity index (χ4v) is 1.53. The van der Waals surface area contributed by atoms with Gasteiger partial charge in [0.2, 0.25) is 0 Å². The van der Waals surface area contributed by atoms with Crippen molar-refractivity contribution in [1.82, 2.24) is 9.59 Å². The fraction of sp³-hybridized carbons (Fsp3) is 0.667. The standard InChI is InChI=1S/C6H8N2OS/c9-6(4-1-2-4)5-3-7-8-10-5/h3-4,6,9H,1-2H2. The van der Waals surface area contributed by atoms with Crippen LogP contribution in [-0.2, 0) is 0 Å². The van der Waals surface area contributed by atoms with Gasteiger partial charge in [-0.15, -0.1) is 5.10 Å². The lowest BCUT2D eigenvalue weighted by Crippen LogP contribution is -1.95. The van der Waals surface area contributed by atoms with Crippen LogP contribution in [0.5, 0.6) is 0 Å². The second-order valence-corrected chi connectivity index (χ2v) is 3.42. The molecule has 1 heterocycles. The molecule has 10 heavy (non-hydrogen) atoms. The lowest BCUT2D eigenvalue weighted by atomic mass is 10.2. The summed E-state index contributed by atoms with van der Waals surface area (Å²) < 4.78 is 3.69. The van der Waals surface area contributed by atoms with E-state index >= 15 is 0 Å². The molecule has 1 aromatic heterocycles. The van der Waals surface area contributed by atoms with Crippen molar-refractivity contribution in [2.24, 2.45) is 5.92 Å². The van der Waals surface area contributed by atoms with E-state index in [0.717, 1.165) is 17.7 Å². The minimum Gasteiger partial charge on any atom is -0.387 e. The molecular weight excluding hydrogens is 148 g/mol. The molecule has 0 radical (unpaired) electrons. The van der Waals surface area contributed by atoms with Gasteiger partial charge in [0.05, 0.1) is 17.2 Å². The van der Waals surface area contributed by atoms with E-state index in [1.165, 1.54) is 11.5 Å². The molecule has 1 aliphatic carbocycles. The van der Waals surface area contributed by atoms with Gasteiger partial charge in [-0.1, -0.05) is 4.49 Å². The van der Waals surface area contributed by atoms with Crippen molar-refractivity contribution >= 4 is 11.5 Å².